The monoisotopic (exact) mass is 1000 g/mol. The van der Waals surface area contributed by atoms with Crippen molar-refractivity contribution in [2.24, 2.45) is 20.5 Å². The highest BCUT2D eigenvalue weighted by Crippen LogP contribution is 2.42. The maximum Gasteiger partial charge on any atom is 0.258 e. The summed E-state index contributed by atoms with van der Waals surface area (Å²) in [5.74, 6) is -3.20. The van der Waals surface area contributed by atoms with Crippen LogP contribution >= 0.6 is 46.4 Å². The first-order valence-electron chi connectivity index (χ1n) is 21.0. The van der Waals surface area contributed by atoms with E-state index in [1.54, 1.807) is 38.1 Å². The fourth-order valence-corrected chi connectivity index (χ4v) is 6.96. The van der Waals surface area contributed by atoms with Crippen LogP contribution < -0.4 is 30.7 Å². The van der Waals surface area contributed by atoms with Crippen LogP contribution in [0.15, 0.2) is 118 Å². The number of rotatable bonds is 22. The number of carbonyl (C=O) groups excluding carboxylic acids is 6. The van der Waals surface area contributed by atoms with Crippen molar-refractivity contribution in [1.29, 1.82) is 0 Å². The number of nitrogens with one attached hydrogen (secondary N) is 4. The summed E-state index contributed by atoms with van der Waals surface area (Å²) in [7, 11) is 0. The summed E-state index contributed by atoms with van der Waals surface area (Å²) < 4.78 is 11.8. The number of amides is 4. The van der Waals surface area contributed by atoms with Crippen molar-refractivity contribution in [3.8, 4) is 11.5 Å². The average molecular weight is 1000 g/mol. The zero-order chi connectivity index (χ0) is 49.3. The lowest BCUT2D eigenvalue weighted by Gasteiger charge is -2.20. The largest absolute Gasteiger partial charge is 0.488 e. The highest BCUT2D eigenvalue weighted by Gasteiger charge is 2.29. The number of ether oxygens (including phenoxy) is 2. The number of hydrogen-bond acceptors (Lipinski definition) is 12. The molecule has 0 spiro atoms. The number of anilines is 4. The van der Waals surface area contributed by atoms with E-state index < -0.39 is 47.3 Å². The van der Waals surface area contributed by atoms with Crippen molar-refractivity contribution in [1.82, 2.24) is 0 Å². The molecular weight excluding hydrogens is 958 g/mol. The summed E-state index contributed by atoms with van der Waals surface area (Å²) in [6, 6.07) is 22.4. The second-order valence-electron chi connectivity index (χ2n) is 14.6. The zero-order valence-corrected chi connectivity index (χ0v) is 40.2. The molecule has 0 aliphatic carbocycles. The molecule has 0 radical (unpaired) electrons. The first kappa shape index (κ1) is 52.3. The van der Waals surface area contributed by atoms with Gasteiger partial charge in [0.15, 0.2) is 23.1 Å². The zero-order valence-electron chi connectivity index (χ0n) is 37.2. The third-order valence-electron chi connectivity index (χ3n) is 9.64. The van der Waals surface area contributed by atoms with Crippen LogP contribution in [0.1, 0.15) is 59.5 Å². The van der Waals surface area contributed by atoms with Crippen LogP contribution in [0.2, 0.25) is 10.0 Å². The third-order valence-corrected chi connectivity index (χ3v) is 10.7. The second kappa shape index (κ2) is 25.4. The van der Waals surface area contributed by atoms with Crippen LogP contribution in [-0.2, 0) is 32.0 Å². The predicted octanol–water partition coefficient (Wildman–Crippen LogP) is 11.2. The van der Waals surface area contributed by atoms with Gasteiger partial charge in [-0.1, -0.05) is 47.5 Å². The number of aryl methyl sites for hydroxylation is 2. The minimum absolute atomic E-state index is 0.0216. The van der Waals surface area contributed by atoms with Crippen LogP contribution in [-0.4, -0.2) is 72.3 Å². The van der Waals surface area contributed by atoms with E-state index in [-0.39, 0.29) is 68.6 Å². The molecule has 4 amide bonds. The Morgan fingerprint density at radius 1 is 0.529 bits per heavy atom. The van der Waals surface area contributed by atoms with E-state index in [0.717, 1.165) is 25.0 Å². The molecule has 354 valence electrons. The summed E-state index contributed by atoms with van der Waals surface area (Å²) in [5.41, 5.74) is 3.61. The molecule has 0 heterocycles. The number of azo groups is 2. The van der Waals surface area contributed by atoms with Crippen LogP contribution in [0.3, 0.4) is 0 Å². The molecule has 2 unspecified atom stereocenters. The van der Waals surface area contributed by atoms with Gasteiger partial charge in [0.1, 0.15) is 11.4 Å². The van der Waals surface area contributed by atoms with Crippen molar-refractivity contribution in [2.75, 3.05) is 46.2 Å². The molecule has 4 N–H and O–H groups in total. The van der Waals surface area contributed by atoms with Crippen molar-refractivity contribution in [2.45, 2.75) is 52.6 Å². The molecular formula is C48H46Cl4N8O8. The minimum atomic E-state index is -1.68. The molecule has 0 aliphatic heterocycles. The van der Waals surface area contributed by atoms with Crippen molar-refractivity contribution >= 4 is 116 Å². The average Bonchev–Trinajstić information content (AvgIpc) is 3.30. The Labute approximate surface area is 412 Å². The van der Waals surface area contributed by atoms with E-state index in [4.69, 9.17) is 55.9 Å². The molecule has 16 nitrogen and oxygen atoms in total. The van der Waals surface area contributed by atoms with Gasteiger partial charge in [-0.2, -0.15) is 20.5 Å². The topological polar surface area (TPSA) is 218 Å². The van der Waals surface area contributed by atoms with Gasteiger partial charge in [-0.15, -0.1) is 23.2 Å². The van der Waals surface area contributed by atoms with Gasteiger partial charge in [-0.05, 0) is 124 Å². The lowest BCUT2D eigenvalue weighted by atomic mass is 10.1. The highest BCUT2D eigenvalue weighted by molar-refractivity contribution is 6.33. The van der Waals surface area contributed by atoms with Gasteiger partial charge >= 0.3 is 0 Å². The molecule has 0 fully saturated rings. The number of nitrogens with zero attached hydrogens (tertiary/aromatic N) is 4. The molecule has 0 bridgehead atoms. The van der Waals surface area contributed by atoms with E-state index >= 15 is 0 Å². The quantitative estimate of drug-likeness (QED) is 0.0296. The molecule has 5 aromatic carbocycles. The fraction of sp³-hybridized carbons (Fsp3) is 0.250. The molecule has 0 saturated heterocycles. The lowest BCUT2D eigenvalue weighted by molar-refractivity contribution is -0.127. The van der Waals surface area contributed by atoms with E-state index in [0.29, 0.717) is 36.0 Å². The van der Waals surface area contributed by atoms with Gasteiger partial charge in [0, 0.05) is 34.3 Å². The summed E-state index contributed by atoms with van der Waals surface area (Å²) in [4.78, 5) is 79.2. The number of halogens is 4. The van der Waals surface area contributed by atoms with Gasteiger partial charge in [0.25, 0.3) is 23.6 Å². The maximum absolute atomic E-state index is 13.7. The minimum Gasteiger partial charge on any atom is -0.488 e. The number of hydrogen-bond donors (Lipinski definition) is 4. The van der Waals surface area contributed by atoms with E-state index in [2.05, 4.69) is 41.7 Å². The molecule has 0 saturated carbocycles. The molecule has 0 aliphatic rings. The van der Waals surface area contributed by atoms with Crippen LogP contribution in [0, 0.1) is 0 Å². The summed E-state index contributed by atoms with van der Waals surface area (Å²) in [5, 5.41) is 27.2. The van der Waals surface area contributed by atoms with Gasteiger partial charge in [0.2, 0.25) is 12.1 Å². The molecule has 20 heteroatoms. The molecule has 68 heavy (non-hydrogen) atoms. The van der Waals surface area contributed by atoms with Crippen LogP contribution in [0.5, 0.6) is 11.5 Å². The molecule has 2 atom stereocenters. The van der Waals surface area contributed by atoms with Crippen LogP contribution in [0.4, 0.5) is 34.1 Å². The summed E-state index contributed by atoms with van der Waals surface area (Å²) in [6.45, 7) is 5.79. The number of ketones is 2. The Kier molecular flexibility index (Phi) is 19.5. The lowest BCUT2D eigenvalue weighted by Crippen LogP contribution is -2.32. The molecule has 5 rings (SSSR count). The Balaban J connectivity index is 1.32. The smallest absolute Gasteiger partial charge is 0.258 e. The Morgan fingerprint density at radius 3 is 1.22 bits per heavy atom. The molecule has 5 aromatic rings. The van der Waals surface area contributed by atoms with Crippen molar-refractivity contribution < 1.29 is 38.2 Å². The van der Waals surface area contributed by atoms with Gasteiger partial charge in [-0.25, -0.2) is 0 Å². The van der Waals surface area contributed by atoms with E-state index in [1.165, 1.54) is 48.5 Å². The first-order chi connectivity index (χ1) is 32.6. The van der Waals surface area contributed by atoms with Gasteiger partial charge in [0.05, 0.1) is 34.6 Å². The third kappa shape index (κ3) is 14.4. The summed E-state index contributed by atoms with van der Waals surface area (Å²) >= 11 is 24.4. The fourth-order valence-electron chi connectivity index (χ4n) is 6.21. The summed E-state index contributed by atoms with van der Waals surface area (Å²) in [6.07, 6.45) is 1.36. The first-order valence-corrected chi connectivity index (χ1v) is 22.9. The van der Waals surface area contributed by atoms with Gasteiger partial charge < -0.3 is 30.7 Å². The number of benzene rings is 5. The molecule has 0 aromatic heterocycles. The standard InChI is InChI=1S/C48H46Cl4N8O8/c1-5-67-43-37(55-47(65)41(27(3)61)59-57-39-25-31(11-17-35(39)51)45(63)53-33-13-7-29(8-14-33)21-23-49)19-20-38(44(43)68-6-2)56-48(66)42(28(4)62)60-58-40-26-32(12-18-36(40)52)46(64)54-34-15-9-30(10-16-34)22-24-50/h7-20,25-26,41-42H,5-6,21-24H2,1-4H3,(H,53,63)(H,54,64)(H,55,65)(H,56,66). The second-order valence-corrected chi connectivity index (χ2v) is 16.2. The Bertz CT molecular complexity index is 2530. The van der Waals surface area contributed by atoms with Crippen molar-refractivity contribution in [3.63, 3.8) is 0 Å². The normalized spacial score (nSPS) is 12.0. The predicted molar refractivity (Wildman–Crippen MR) is 265 cm³/mol. The number of alkyl halides is 2. The van der Waals surface area contributed by atoms with E-state index in [1.807, 2.05) is 24.3 Å². The SMILES string of the molecule is CCOc1c(NC(=O)C(N=Nc2cc(C(=O)Nc3ccc(CCCl)cc3)ccc2Cl)C(C)=O)ccc(NC(=O)C(N=Nc2cc(C(=O)Nc3ccc(CCCl)cc3)ccc2Cl)C(C)=O)c1OCC. The van der Waals surface area contributed by atoms with Gasteiger partial charge in [-0.3, -0.25) is 28.8 Å². The number of Topliss-reactive ketones (excluding diaryl/α,β-unsaturated/α-hetero) is 2. The Morgan fingerprint density at radius 2 is 0.897 bits per heavy atom. The number of carbonyl (C=O) groups is 6. The maximum atomic E-state index is 13.7. The Hall–Kier alpha value is -6.72. The van der Waals surface area contributed by atoms with Crippen molar-refractivity contribution in [3.05, 3.63) is 129 Å². The highest BCUT2D eigenvalue weighted by atomic mass is 35.5. The van der Waals surface area contributed by atoms with E-state index in [9.17, 15) is 28.8 Å². The van der Waals surface area contributed by atoms with Crippen LogP contribution in [0.25, 0.3) is 0 Å².